The highest BCUT2D eigenvalue weighted by molar-refractivity contribution is 9.10. The molecule has 1 saturated carbocycles. The summed E-state index contributed by atoms with van der Waals surface area (Å²) in [7, 11) is -2.76. The molecule has 0 saturated heterocycles. The molecular formula is C23H33BrN4O4S. The number of methoxy groups -OCH3 is 1. The van der Waals surface area contributed by atoms with E-state index in [2.05, 4.69) is 26.2 Å². The fraction of sp³-hybridized carbons (Fsp3) is 0.609. The van der Waals surface area contributed by atoms with E-state index in [1.54, 1.807) is 29.1 Å². The van der Waals surface area contributed by atoms with Crippen LogP contribution in [0.15, 0.2) is 39.8 Å². The van der Waals surface area contributed by atoms with Crippen molar-refractivity contribution >= 4 is 31.9 Å². The summed E-state index contributed by atoms with van der Waals surface area (Å²) in [5, 5.41) is 8.48. The maximum atomic E-state index is 13.8. The first-order chi connectivity index (χ1) is 15.7. The quantitative estimate of drug-likeness (QED) is 0.414. The number of carbonyl (C=O) groups is 1. The Bertz CT molecular complexity index is 1030. The summed E-state index contributed by atoms with van der Waals surface area (Å²) in [6.45, 7) is 4.59. The van der Waals surface area contributed by atoms with E-state index in [0.717, 1.165) is 6.54 Å². The lowest BCUT2D eigenvalue weighted by Gasteiger charge is -2.29. The second-order valence-electron chi connectivity index (χ2n) is 9.09. The molecule has 3 rings (SSSR count). The van der Waals surface area contributed by atoms with E-state index in [-0.39, 0.29) is 17.4 Å². The minimum Gasteiger partial charge on any atom is -0.468 e. The number of hydrogen-bond donors (Lipinski definition) is 0. The number of aromatic nitrogens is 3. The van der Waals surface area contributed by atoms with E-state index in [1.165, 1.54) is 49.6 Å². The summed E-state index contributed by atoms with van der Waals surface area (Å²) in [4.78, 5) is 12.8. The minimum absolute atomic E-state index is 0.0686. The Balaban J connectivity index is 1.93. The van der Waals surface area contributed by atoms with Gasteiger partial charge in [0.05, 0.1) is 24.2 Å². The third-order valence-electron chi connectivity index (χ3n) is 6.01. The van der Waals surface area contributed by atoms with Crippen molar-refractivity contribution in [1.29, 1.82) is 0 Å². The van der Waals surface area contributed by atoms with Crippen molar-refractivity contribution in [2.24, 2.45) is 11.8 Å². The number of hydrogen-bond acceptors (Lipinski definition) is 6. The molecule has 0 spiro atoms. The second kappa shape index (κ2) is 11.6. The average molecular weight is 542 g/mol. The van der Waals surface area contributed by atoms with Crippen molar-refractivity contribution in [3.63, 3.8) is 0 Å². The van der Waals surface area contributed by atoms with E-state index in [9.17, 15) is 13.2 Å². The number of sulfonamides is 1. The van der Waals surface area contributed by atoms with E-state index >= 15 is 0 Å². The second-order valence-corrected chi connectivity index (χ2v) is 11.8. The van der Waals surface area contributed by atoms with Gasteiger partial charge in [0.1, 0.15) is 6.04 Å². The smallest absolute Gasteiger partial charge is 0.324 e. The first-order valence-electron chi connectivity index (χ1n) is 11.5. The van der Waals surface area contributed by atoms with Gasteiger partial charge in [-0.15, -0.1) is 5.10 Å². The fourth-order valence-corrected chi connectivity index (χ4v) is 6.88. The molecule has 8 nitrogen and oxygen atoms in total. The van der Waals surface area contributed by atoms with Crippen LogP contribution < -0.4 is 0 Å². The molecule has 10 heteroatoms. The van der Waals surface area contributed by atoms with E-state index in [1.807, 2.05) is 13.8 Å². The molecular weight excluding hydrogens is 508 g/mol. The van der Waals surface area contributed by atoms with E-state index in [0.29, 0.717) is 22.5 Å². The number of halogens is 1. The van der Waals surface area contributed by atoms with Crippen LogP contribution in [0.1, 0.15) is 58.1 Å². The van der Waals surface area contributed by atoms with Gasteiger partial charge in [0, 0.05) is 17.2 Å². The summed E-state index contributed by atoms with van der Waals surface area (Å²) in [6.07, 6.45) is 8.23. The Morgan fingerprint density at radius 1 is 1.24 bits per heavy atom. The zero-order valence-electron chi connectivity index (χ0n) is 19.5. The molecule has 2 aromatic rings. The molecule has 182 valence electrons. The van der Waals surface area contributed by atoms with Crippen molar-refractivity contribution in [2.75, 3.05) is 7.11 Å². The van der Waals surface area contributed by atoms with Gasteiger partial charge in [0.25, 0.3) is 0 Å². The Kier molecular flexibility index (Phi) is 9.06. The van der Waals surface area contributed by atoms with E-state index in [4.69, 9.17) is 4.74 Å². The third kappa shape index (κ3) is 6.64. The highest BCUT2D eigenvalue weighted by Gasteiger charge is 2.38. The van der Waals surface area contributed by atoms with Crippen LogP contribution in [0.2, 0.25) is 0 Å². The highest BCUT2D eigenvalue weighted by atomic mass is 79.9. The molecule has 1 aliphatic rings. The normalized spacial score (nSPS) is 16.3. The van der Waals surface area contributed by atoms with Gasteiger partial charge in [-0.3, -0.25) is 9.48 Å². The predicted octanol–water partition coefficient (Wildman–Crippen LogP) is 4.40. The van der Waals surface area contributed by atoms with Crippen LogP contribution >= 0.6 is 15.9 Å². The SMILES string of the molecule is COC(=O)[C@H](CC(C)C)N(Cc1cn(CC2CCCCC2)nn1)S(=O)(=O)c1ccccc1Br. The topological polar surface area (TPSA) is 94.4 Å². The van der Waals surface area contributed by atoms with Crippen molar-refractivity contribution in [2.45, 2.75) is 76.4 Å². The van der Waals surface area contributed by atoms with Crippen LogP contribution in [-0.2, 0) is 32.6 Å². The zero-order valence-corrected chi connectivity index (χ0v) is 21.9. The standard InChI is InChI=1S/C23H33BrN4O4S/c1-17(2)13-21(23(29)32-3)28(33(30,31)22-12-8-7-11-20(22)24)16-19-15-27(26-25-19)14-18-9-5-4-6-10-18/h7-8,11-12,15,17-18,21H,4-6,9-10,13-14,16H2,1-3H3/t21-/m0/s1. The number of benzene rings is 1. The summed E-state index contributed by atoms with van der Waals surface area (Å²) in [6, 6.07) is 5.62. The van der Waals surface area contributed by atoms with Crippen molar-refractivity contribution < 1.29 is 17.9 Å². The zero-order chi connectivity index (χ0) is 24.0. The summed E-state index contributed by atoms with van der Waals surface area (Å²) < 4.78 is 35.9. The predicted molar refractivity (Wildman–Crippen MR) is 129 cm³/mol. The summed E-state index contributed by atoms with van der Waals surface area (Å²) in [5.74, 6) is 0.0547. The molecule has 0 N–H and O–H groups in total. The molecule has 1 atom stereocenters. The monoisotopic (exact) mass is 540 g/mol. The number of esters is 1. The van der Waals surface area contributed by atoms with Gasteiger partial charge in [-0.05, 0) is 59.2 Å². The van der Waals surface area contributed by atoms with Gasteiger partial charge in [-0.2, -0.15) is 4.31 Å². The van der Waals surface area contributed by atoms with Crippen LogP contribution in [-0.4, -0.2) is 46.8 Å². The van der Waals surface area contributed by atoms with Gasteiger partial charge < -0.3 is 4.74 Å². The summed E-state index contributed by atoms with van der Waals surface area (Å²) >= 11 is 3.35. The van der Waals surface area contributed by atoms with Crippen LogP contribution in [0.3, 0.4) is 0 Å². The van der Waals surface area contributed by atoms with Gasteiger partial charge in [0.2, 0.25) is 10.0 Å². The number of ether oxygens (including phenoxy) is 1. The van der Waals surface area contributed by atoms with Crippen LogP contribution in [0.4, 0.5) is 0 Å². The molecule has 1 heterocycles. The fourth-order valence-electron chi connectivity index (χ4n) is 4.35. The van der Waals surface area contributed by atoms with Crippen LogP contribution in [0.25, 0.3) is 0 Å². The third-order valence-corrected chi connectivity index (χ3v) is 8.88. The lowest BCUT2D eigenvalue weighted by molar-refractivity contribution is -0.145. The Hall–Kier alpha value is -1.78. The molecule has 1 fully saturated rings. The lowest BCUT2D eigenvalue weighted by Crippen LogP contribution is -2.46. The minimum atomic E-state index is -4.04. The van der Waals surface area contributed by atoms with Crippen LogP contribution in [0, 0.1) is 11.8 Å². The van der Waals surface area contributed by atoms with Crippen molar-refractivity contribution in [1.82, 2.24) is 19.3 Å². The number of nitrogens with zero attached hydrogens (tertiary/aromatic N) is 4. The molecule has 33 heavy (non-hydrogen) atoms. The molecule has 1 aromatic heterocycles. The maximum Gasteiger partial charge on any atom is 0.324 e. The number of carbonyl (C=O) groups excluding carboxylic acids is 1. The lowest BCUT2D eigenvalue weighted by atomic mass is 9.89. The van der Waals surface area contributed by atoms with Crippen molar-refractivity contribution in [3.8, 4) is 0 Å². The van der Waals surface area contributed by atoms with Crippen LogP contribution in [0.5, 0.6) is 0 Å². The molecule has 0 radical (unpaired) electrons. The van der Waals surface area contributed by atoms with Gasteiger partial charge >= 0.3 is 5.97 Å². The highest BCUT2D eigenvalue weighted by Crippen LogP contribution is 2.30. The maximum absolute atomic E-state index is 13.8. The van der Waals surface area contributed by atoms with Gasteiger partial charge in [0.15, 0.2) is 0 Å². The number of rotatable bonds is 10. The van der Waals surface area contributed by atoms with Crippen molar-refractivity contribution in [3.05, 3.63) is 40.6 Å². The average Bonchev–Trinajstić information content (AvgIpc) is 3.23. The Labute approximate surface area is 204 Å². The Morgan fingerprint density at radius 2 is 1.94 bits per heavy atom. The molecule has 0 bridgehead atoms. The molecule has 1 aromatic carbocycles. The van der Waals surface area contributed by atoms with E-state index < -0.39 is 22.0 Å². The first kappa shape index (κ1) is 25.8. The molecule has 0 aliphatic heterocycles. The Morgan fingerprint density at radius 3 is 2.58 bits per heavy atom. The van der Waals surface area contributed by atoms with Gasteiger partial charge in [-0.1, -0.05) is 50.5 Å². The molecule has 0 unspecified atom stereocenters. The molecule has 0 amide bonds. The summed E-state index contributed by atoms with van der Waals surface area (Å²) in [5.41, 5.74) is 0.499. The largest absolute Gasteiger partial charge is 0.468 e. The van der Waals surface area contributed by atoms with Gasteiger partial charge in [-0.25, -0.2) is 8.42 Å². The first-order valence-corrected chi connectivity index (χ1v) is 13.7. The molecule has 1 aliphatic carbocycles.